The molecule has 1 N–H and O–H groups in total. The van der Waals surface area contributed by atoms with E-state index in [0.29, 0.717) is 12.5 Å². The van der Waals surface area contributed by atoms with Gasteiger partial charge in [0.1, 0.15) is 0 Å². The molecule has 0 bridgehead atoms. The summed E-state index contributed by atoms with van der Waals surface area (Å²) in [7, 11) is 0. The predicted octanol–water partition coefficient (Wildman–Crippen LogP) is 3.92. The maximum absolute atomic E-state index is 8.83. The summed E-state index contributed by atoms with van der Waals surface area (Å²) in [6.45, 7) is 6.17. The van der Waals surface area contributed by atoms with Gasteiger partial charge in [0.05, 0.1) is 0 Å². The number of aliphatic hydroxyl groups excluding tert-OH is 1. The van der Waals surface area contributed by atoms with E-state index in [1.807, 2.05) is 6.08 Å². The van der Waals surface area contributed by atoms with E-state index >= 15 is 0 Å². The van der Waals surface area contributed by atoms with Crippen molar-refractivity contribution in [1.82, 2.24) is 0 Å². The summed E-state index contributed by atoms with van der Waals surface area (Å²) in [5.74, 6) is 0.496. The van der Waals surface area contributed by atoms with Crippen molar-refractivity contribution >= 4 is 0 Å². The fraction of sp³-hybridized carbons (Fsp3) is 0.846. The van der Waals surface area contributed by atoms with E-state index in [-0.39, 0.29) is 0 Å². The van der Waals surface area contributed by atoms with E-state index in [0.717, 1.165) is 0 Å². The fourth-order valence-electron chi connectivity index (χ4n) is 1.58. The average molecular weight is 198 g/mol. The normalized spacial score (nSPS) is 12.7. The lowest BCUT2D eigenvalue weighted by Gasteiger charge is -2.06. The molecule has 0 aromatic heterocycles. The van der Waals surface area contributed by atoms with Gasteiger partial charge in [0, 0.05) is 6.61 Å². The monoisotopic (exact) mass is 198 g/mol. The molecule has 14 heavy (non-hydrogen) atoms. The maximum Gasteiger partial charge on any atom is 0.0456 e. The zero-order valence-electron chi connectivity index (χ0n) is 9.67. The van der Waals surface area contributed by atoms with Crippen molar-refractivity contribution in [2.45, 2.75) is 58.3 Å². The Morgan fingerprint density at radius 2 is 1.64 bits per heavy atom. The Bertz CT molecular complexity index is 120. The van der Waals surface area contributed by atoms with Crippen LogP contribution >= 0.6 is 0 Å². The number of unbranched alkanes of at least 4 members (excludes halogenated alkanes) is 6. The van der Waals surface area contributed by atoms with Crippen molar-refractivity contribution in [1.29, 1.82) is 0 Å². The highest BCUT2D eigenvalue weighted by Gasteiger charge is 1.98. The summed E-state index contributed by atoms with van der Waals surface area (Å²) in [5.41, 5.74) is 0. The highest BCUT2D eigenvalue weighted by Crippen LogP contribution is 2.12. The molecule has 0 heterocycles. The molecule has 0 rings (SSSR count). The van der Waals surface area contributed by atoms with E-state index in [1.165, 1.54) is 51.4 Å². The molecule has 0 spiro atoms. The van der Waals surface area contributed by atoms with E-state index in [9.17, 15) is 0 Å². The van der Waals surface area contributed by atoms with Crippen LogP contribution in [0.25, 0.3) is 0 Å². The zero-order chi connectivity index (χ0) is 10.6. The Balaban J connectivity index is 2.95. The van der Waals surface area contributed by atoms with Gasteiger partial charge in [0.15, 0.2) is 0 Å². The quantitative estimate of drug-likeness (QED) is 0.416. The molecular weight excluding hydrogens is 172 g/mol. The molecule has 0 aliphatic rings. The lowest BCUT2D eigenvalue weighted by atomic mass is 10.0. The van der Waals surface area contributed by atoms with Crippen LogP contribution in [-0.4, -0.2) is 11.7 Å². The first-order chi connectivity index (χ1) is 6.81. The Morgan fingerprint density at radius 1 is 1.07 bits per heavy atom. The molecule has 0 radical (unpaired) electrons. The molecule has 0 aliphatic heterocycles. The molecule has 1 heteroatoms. The van der Waals surface area contributed by atoms with Gasteiger partial charge in [-0.2, -0.15) is 0 Å². The van der Waals surface area contributed by atoms with Crippen molar-refractivity contribution < 1.29 is 5.11 Å². The second-order valence-corrected chi connectivity index (χ2v) is 4.28. The third-order valence-corrected chi connectivity index (χ3v) is 2.67. The highest BCUT2D eigenvalue weighted by atomic mass is 16.3. The van der Waals surface area contributed by atoms with E-state index < -0.39 is 0 Å². The zero-order valence-corrected chi connectivity index (χ0v) is 9.67. The number of hydrogen-bond acceptors (Lipinski definition) is 1. The largest absolute Gasteiger partial charge is 0.396 e. The highest BCUT2D eigenvalue weighted by molar-refractivity contribution is 4.65. The van der Waals surface area contributed by atoms with Crippen molar-refractivity contribution in [2.75, 3.05) is 6.61 Å². The van der Waals surface area contributed by atoms with E-state index in [4.69, 9.17) is 5.11 Å². The fourth-order valence-corrected chi connectivity index (χ4v) is 1.58. The number of allylic oxidation sites excluding steroid dienone is 1. The molecule has 0 aliphatic carbocycles. The van der Waals surface area contributed by atoms with Gasteiger partial charge in [-0.05, 0) is 25.2 Å². The lowest BCUT2D eigenvalue weighted by molar-refractivity contribution is 0.227. The lowest BCUT2D eigenvalue weighted by Crippen LogP contribution is -1.99. The van der Waals surface area contributed by atoms with Gasteiger partial charge in [-0.15, -0.1) is 6.58 Å². The molecule has 1 nitrogen and oxygen atoms in total. The summed E-state index contributed by atoms with van der Waals surface area (Å²) < 4.78 is 0. The molecule has 84 valence electrons. The molecular formula is C13H26O. The van der Waals surface area contributed by atoms with Crippen LogP contribution in [0, 0.1) is 5.92 Å². The minimum Gasteiger partial charge on any atom is -0.396 e. The van der Waals surface area contributed by atoms with Crippen molar-refractivity contribution in [3.63, 3.8) is 0 Å². The Kier molecular flexibility index (Phi) is 10.5. The molecule has 0 saturated heterocycles. The first-order valence-electron chi connectivity index (χ1n) is 6.03. The molecule has 1 atom stereocenters. The van der Waals surface area contributed by atoms with E-state index in [1.54, 1.807) is 0 Å². The Morgan fingerprint density at radius 3 is 2.21 bits per heavy atom. The van der Waals surface area contributed by atoms with Crippen molar-refractivity contribution in [3.05, 3.63) is 12.7 Å². The molecule has 0 aromatic rings. The SMILES string of the molecule is C=CCCCCCCCCC(C)CO. The molecule has 0 aromatic carbocycles. The van der Waals surface area contributed by atoms with Gasteiger partial charge in [-0.3, -0.25) is 0 Å². The Labute approximate surface area is 89.2 Å². The summed E-state index contributed by atoms with van der Waals surface area (Å²) in [6.07, 6.45) is 12.3. The van der Waals surface area contributed by atoms with Gasteiger partial charge >= 0.3 is 0 Å². The minimum absolute atomic E-state index is 0.347. The molecule has 0 saturated carbocycles. The maximum atomic E-state index is 8.83. The second kappa shape index (κ2) is 10.8. The van der Waals surface area contributed by atoms with Crippen LogP contribution in [0.4, 0.5) is 0 Å². The molecule has 0 amide bonds. The smallest absolute Gasteiger partial charge is 0.0456 e. The van der Waals surface area contributed by atoms with Crippen LogP contribution < -0.4 is 0 Å². The van der Waals surface area contributed by atoms with Gasteiger partial charge in [-0.1, -0.05) is 45.1 Å². The minimum atomic E-state index is 0.347. The van der Waals surface area contributed by atoms with Gasteiger partial charge in [0.25, 0.3) is 0 Å². The topological polar surface area (TPSA) is 20.2 Å². The average Bonchev–Trinajstić information content (AvgIpc) is 2.21. The van der Waals surface area contributed by atoms with E-state index in [2.05, 4.69) is 13.5 Å². The number of hydrogen-bond donors (Lipinski definition) is 1. The standard InChI is InChI=1S/C13H26O/c1-3-4-5-6-7-8-9-10-11-13(2)12-14/h3,13-14H,1,4-12H2,2H3. The third-order valence-electron chi connectivity index (χ3n) is 2.67. The van der Waals surface area contributed by atoms with Crippen LogP contribution in [0.5, 0.6) is 0 Å². The first-order valence-corrected chi connectivity index (χ1v) is 6.03. The number of aliphatic hydroxyl groups is 1. The predicted molar refractivity (Wildman–Crippen MR) is 63.4 cm³/mol. The van der Waals surface area contributed by atoms with Crippen LogP contribution in [0.1, 0.15) is 58.3 Å². The van der Waals surface area contributed by atoms with Crippen LogP contribution in [-0.2, 0) is 0 Å². The summed E-state index contributed by atoms with van der Waals surface area (Å²) in [6, 6.07) is 0. The van der Waals surface area contributed by atoms with Crippen molar-refractivity contribution in [3.8, 4) is 0 Å². The van der Waals surface area contributed by atoms with Crippen molar-refractivity contribution in [2.24, 2.45) is 5.92 Å². The summed E-state index contributed by atoms with van der Waals surface area (Å²) in [4.78, 5) is 0. The third kappa shape index (κ3) is 9.79. The molecule has 1 unspecified atom stereocenters. The number of rotatable bonds is 10. The second-order valence-electron chi connectivity index (χ2n) is 4.28. The Hall–Kier alpha value is -0.300. The van der Waals surface area contributed by atoms with Crippen LogP contribution in [0.15, 0.2) is 12.7 Å². The van der Waals surface area contributed by atoms with Crippen LogP contribution in [0.2, 0.25) is 0 Å². The van der Waals surface area contributed by atoms with Gasteiger partial charge < -0.3 is 5.11 Å². The van der Waals surface area contributed by atoms with Gasteiger partial charge in [-0.25, -0.2) is 0 Å². The molecule has 0 fully saturated rings. The summed E-state index contributed by atoms with van der Waals surface area (Å²) >= 11 is 0. The van der Waals surface area contributed by atoms with Crippen LogP contribution in [0.3, 0.4) is 0 Å². The first kappa shape index (κ1) is 13.7. The summed E-state index contributed by atoms with van der Waals surface area (Å²) in [5, 5.41) is 8.83. The van der Waals surface area contributed by atoms with Gasteiger partial charge in [0.2, 0.25) is 0 Å².